The normalized spacial score (nSPS) is 13.5. The van der Waals surface area contributed by atoms with E-state index in [0.29, 0.717) is 16.8 Å². The minimum absolute atomic E-state index is 0.0854. The number of carbonyl (C=O) groups is 2. The number of benzene rings is 1. The molecule has 0 bridgehead atoms. The van der Waals surface area contributed by atoms with Gasteiger partial charge >= 0.3 is 13.6 Å². The van der Waals surface area contributed by atoms with Gasteiger partial charge in [-0.1, -0.05) is 34.6 Å². The number of aromatic nitrogens is 2. The summed E-state index contributed by atoms with van der Waals surface area (Å²) in [5.41, 5.74) is 1.58. The fourth-order valence-electron chi connectivity index (χ4n) is 4.58. The molecule has 1 aromatic heterocycles. The number of ether oxygens (including phenoxy) is 1. The minimum Gasteiger partial charge on any atom is -0.469 e. The van der Waals surface area contributed by atoms with Crippen molar-refractivity contribution in [1.29, 1.82) is 0 Å². The van der Waals surface area contributed by atoms with E-state index in [-0.39, 0.29) is 60.6 Å². The molecule has 0 saturated carbocycles. The number of nitrogens with zero attached hydrogens (tertiary/aromatic N) is 3. The number of hydrogen-bond acceptors (Lipinski definition) is 11. The second-order valence-corrected chi connectivity index (χ2v) is 22.6. The molecular weight excluding hydrogens is 705 g/mol. The van der Waals surface area contributed by atoms with Crippen LogP contribution in [0.1, 0.15) is 78.5 Å². The molecule has 12 nitrogen and oxygen atoms in total. The van der Waals surface area contributed by atoms with Gasteiger partial charge in [0.25, 0.3) is 0 Å². The number of halogens is 1. The lowest BCUT2D eigenvalue weighted by Crippen LogP contribution is -2.44. The minimum atomic E-state index is -4.13. The van der Waals surface area contributed by atoms with Crippen molar-refractivity contribution >= 4 is 49.7 Å². The quantitative estimate of drug-likeness (QED) is 0.0612. The van der Waals surface area contributed by atoms with Crippen LogP contribution in [0.25, 0.3) is 17.3 Å². The molecule has 1 atom stereocenters. The summed E-state index contributed by atoms with van der Waals surface area (Å²) in [6, 6.07) is 5.50. The van der Waals surface area contributed by atoms with Crippen molar-refractivity contribution in [2.75, 3.05) is 43.6 Å². The predicted octanol–water partition coefficient (Wildman–Crippen LogP) is 7.36. The van der Waals surface area contributed by atoms with Gasteiger partial charge in [-0.3, -0.25) is 14.2 Å². The zero-order chi connectivity index (χ0) is 38.1. The van der Waals surface area contributed by atoms with E-state index in [1.54, 1.807) is 19.9 Å². The van der Waals surface area contributed by atoms with Gasteiger partial charge in [-0.2, -0.15) is 0 Å². The third kappa shape index (κ3) is 12.2. The number of anilines is 1. The number of esters is 1. The van der Waals surface area contributed by atoms with Crippen molar-refractivity contribution in [3.05, 3.63) is 47.4 Å². The first-order chi connectivity index (χ1) is 23.1. The first kappa shape index (κ1) is 43.4. The molecule has 0 unspecified atom stereocenters. The lowest BCUT2D eigenvalue weighted by molar-refractivity contribution is -0.142. The largest absolute Gasteiger partial charge is 0.469 e. The topological polar surface area (TPSA) is 151 Å². The van der Waals surface area contributed by atoms with Crippen molar-refractivity contribution in [2.45, 2.75) is 91.5 Å². The zero-order valence-electron chi connectivity index (χ0n) is 31.1. The first-order valence-electron chi connectivity index (χ1n) is 16.6. The molecule has 0 saturated heterocycles. The molecule has 0 aliphatic rings. The number of allylic oxidation sites excluding steroid dienone is 1. The Morgan fingerprint density at radius 3 is 2.12 bits per heavy atom. The van der Waals surface area contributed by atoms with Gasteiger partial charge in [0.15, 0.2) is 14.1 Å². The van der Waals surface area contributed by atoms with Gasteiger partial charge in [0, 0.05) is 24.6 Å². The van der Waals surface area contributed by atoms with Crippen LogP contribution in [0.15, 0.2) is 30.3 Å². The van der Waals surface area contributed by atoms with E-state index >= 15 is 0 Å². The molecule has 2 rings (SSSR count). The van der Waals surface area contributed by atoms with Gasteiger partial charge in [0.1, 0.15) is 5.82 Å². The van der Waals surface area contributed by atoms with Gasteiger partial charge in [-0.15, -0.1) is 0 Å². The van der Waals surface area contributed by atoms with E-state index in [1.807, 2.05) is 26.9 Å². The molecule has 0 aliphatic heterocycles. The molecule has 280 valence electrons. The molecule has 1 aromatic carbocycles. The van der Waals surface area contributed by atoms with Crippen LogP contribution in [0.4, 0.5) is 10.3 Å². The average Bonchev–Trinajstić information content (AvgIpc) is 3.02. The average molecular weight is 758 g/mol. The molecular formula is C34H53FN3O9PSSi. The Bertz CT molecular complexity index is 1650. The van der Waals surface area contributed by atoms with Crippen molar-refractivity contribution in [3.8, 4) is 11.3 Å². The Labute approximate surface area is 297 Å². The summed E-state index contributed by atoms with van der Waals surface area (Å²) in [6.45, 7) is 17.4. The van der Waals surface area contributed by atoms with Crippen LogP contribution in [0.3, 0.4) is 0 Å². The lowest BCUT2D eigenvalue weighted by Gasteiger charge is -2.39. The Hall–Kier alpha value is -2.81. The third-order valence-corrected chi connectivity index (χ3v) is 17.0. The van der Waals surface area contributed by atoms with Crippen LogP contribution in [0.5, 0.6) is 0 Å². The van der Waals surface area contributed by atoms with Crippen molar-refractivity contribution in [3.63, 3.8) is 0 Å². The van der Waals surface area contributed by atoms with Gasteiger partial charge in [-0.25, -0.2) is 27.1 Å². The Kier molecular flexibility index (Phi) is 15.7. The number of ketones is 1. The number of methoxy groups -OCH3 is 1. The maximum atomic E-state index is 14.0. The van der Waals surface area contributed by atoms with E-state index in [0.717, 1.165) is 4.31 Å². The maximum Gasteiger partial charge on any atom is 0.331 e. The summed E-state index contributed by atoms with van der Waals surface area (Å²) in [5, 5.41) is -0.164. The summed E-state index contributed by atoms with van der Waals surface area (Å²) in [6.07, 6.45) is 1.65. The predicted molar refractivity (Wildman–Crippen MR) is 197 cm³/mol. The van der Waals surface area contributed by atoms with Crippen molar-refractivity contribution < 1.29 is 45.2 Å². The van der Waals surface area contributed by atoms with E-state index in [2.05, 4.69) is 30.7 Å². The van der Waals surface area contributed by atoms with Gasteiger partial charge in [0.05, 0.1) is 56.2 Å². The van der Waals surface area contributed by atoms with Gasteiger partial charge in [0.2, 0.25) is 16.0 Å². The SMILES string of the molecule is CCOP(=O)(CCS(=O)(=O)N(C)c1nc(-c2ccc(F)cc2)c(/C=C/C(=O)C[C@@H](CC(=O)OC)O[Si](C)(C)C(C)(C)C)c(C(C)C)n1)OCC. The van der Waals surface area contributed by atoms with Crippen LogP contribution in [-0.4, -0.2) is 83.8 Å². The molecule has 0 fully saturated rings. The fraction of sp³-hybridized carbons (Fsp3) is 0.588. The molecule has 2 aromatic rings. The zero-order valence-corrected chi connectivity index (χ0v) is 33.8. The van der Waals surface area contributed by atoms with Crippen molar-refractivity contribution in [2.24, 2.45) is 0 Å². The third-order valence-electron chi connectivity index (χ3n) is 8.36. The summed E-state index contributed by atoms with van der Waals surface area (Å²) < 4.78 is 76.7. The smallest absolute Gasteiger partial charge is 0.331 e. The number of sulfonamides is 1. The van der Waals surface area contributed by atoms with E-state index in [4.69, 9.17) is 18.2 Å². The molecule has 0 aliphatic carbocycles. The molecule has 0 N–H and O–H groups in total. The van der Waals surface area contributed by atoms with Crippen LogP contribution >= 0.6 is 7.60 Å². The van der Waals surface area contributed by atoms with Crippen LogP contribution < -0.4 is 4.31 Å². The summed E-state index contributed by atoms with van der Waals surface area (Å²) >= 11 is 0. The summed E-state index contributed by atoms with van der Waals surface area (Å²) in [7, 11) is -7.57. The fourth-order valence-corrected chi connectivity index (χ4v) is 9.48. The number of carbonyl (C=O) groups excluding carboxylic acids is 2. The Balaban J connectivity index is 2.61. The van der Waals surface area contributed by atoms with E-state index in [9.17, 15) is 27.0 Å². The highest BCUT2D eigenvalue weighted by Crippen LogP contribution is 2.48. The Morgan fingerprint density at radius 1 is 1.04 bits per heavy atom. The highest BCUT2D eigenvalue weighted by atomic mass is 32.2. The van der Waals surface area contributed by atoms with E-state index < -0.39 is 49.6 Å². The first-order valence-corrected chi connectivity index (χ1v) is 22.8. The molecule has 50 heavy (non-hydrogen) atoms. The van der Waals surface area contributed by atoms with Gasteiger partial charge < -0.3 is 18.2 Å². The number of rotatable bonds is 19. The van der Waals surface area contributed by atoms with E-state index in [1.165, 1.54) is 44.5 Å². The molecule has 0 spiro atoms. The highest BCUT2D eigenvalue weighted by Gasteiger charge is 2.40. The van der Waals surface area contributed by atoms with Crippen LogP contribution in [0, 0.1) is 5.82 Å². The maximum absolute atomic E-state index is 14.0. The summed E-state index contributed by atoms with van der Waals surface area (Å²) in [5.74, 6) is -2.30. The van der Waals surface area contributed by atoms with Gasteiger partial charge in [-0.05, 0) is 74.3 Å². The summed E-state index contributed by atoms with van der Waals surface area (Å²) in [4.78, 5) is 34.9. The molecule has 1 heterocycles. The van der Waals surface area contributed by atoms with Crippen LogP contribution in [0.2, 0.25) is 18.1 Å². The monoisotopic (exact) mass is 757 g/mol. The van der Waals surface area contributed by atoms with Crippen LogP contribution in [-0.2, 0) is 42.4 Å². The van der Waals surface area contributed by atoms with Crippen molar-refractivity contribution in [1.82, 2.24) is 9.97 Å². The second kappa shape index (κ2) is 18.1. The second-order valence-electron chi connectivity index (χ2n) is 13.6. The molecule has 0 radical (unpaired) electrons. The Morgan fingerprint density at radius 2 is 1.62 bits per heavy atom. The standard InChI is InChI=1S/C34H53FN3O9PSSi/c1-12-45-48(41,46-13-2)20-21-49(42,43)38(8)33-36-31(24(3)4)29(32(37-33)25-14-16-26(35)17-15-25)19-18-27(39)22-28(23-30(40)44-9)47-50(10,11)34(5,6)7/h14-19,24,28H,12-13,20-23H2,1-11H3/b19-18+/t28-/m0/s1. The number of hydrogen-bond donors (Lipinski definition) is 0. The molecule has 16 heteroatoms. The highest BCUT2D eigenvalue weighted by molar-refractivity contribution is 7.93. The lowest BCUT2D eigenvalue weighted by atomic mass is 9.97. The molecule has 0 amide bonds.